The van der Waals surface area contributed by atoms with Crippen LogP contribution < -0.4 is 11.1 Å². The Labute approximate surface area is 68.9 Å². The van der Waals surface area contributed by atoms with E-state index in [0.717, 1.165) is 19.0 Å². The minimum Gasteiger partial charge on any atom is -0.329 e. The summed E-state index contributed by atoms with van der Waals surface area (Å²) in [6, 6.07) is 0. The Hall–Kier alpha value is -0.340. The summed E-state index contributed by atoms with van der Waals surface area (Å²) < 4.78 is 0. The predicted octanol–water partition coefficient (Wildman–Crippen LogP) is 0.889. The zero-order valence-electron chi connectivity index (χ0n) is 7.27. The van der Waals surface area contributed by atoms with E-state index in [-0.39, 0.29) is 5.54 Å². The van der Waals surface area contributed by atoms with E-state index in [0.29, 0.717) is 0 Å². The average Bonchev–Trinajstić information content (AvgIpc) is 1.96. The average molecular weight is 154 g/mol. The monoisotopic (exact) mass is 154 g/mol. The molecule has 0 aromatic rings. The van der Waals surface area contributed by atoms with Crippen molar-refractivity contribution in [2.75, 3.05) is 13.1 Å². The van der Waals surface area contributed by atoms with Gasteiger partial charge in [-0.25, -0.2) is 0 Å². The van der Waals surface area contributed by atoms with Gasteiger partial charge in [0.25, 0.3) is 0 Å². The van der Waals surface area contributed by atoms with Crippen LogP contribution in [0.5, 0.6) is 0 Å². The van der Waals surface area contributed by atoms with E-state index in [1.165, 1.54) is 12.8 Å². The summed E-state index contributed by atoms with van der Waals surface area (Å²) in [7, 11) is 0. The molecule has 2 nitrogen and oxygen atoms in total. The Morgan fingerprint density at radius 2 is 2.36 bits per heavy atom. The molecule has 0 spiro atoms. The zero-order chi connectivity index (χ0) is 8.32. The van der Waals surface area contributed by atoms with Crippen molar-refractivity contribution in [3.63, 3.8) is 0 Å². The molecule has 1 aliphatic rings. The molecule has 1 fully saturated rings. The minimum atomic E-state index is 0.244. The molecule has 0 atom stereocenters. The highest BCUT2D eigenvalue weighted by Crippen LogP contribution is 2.36. The van der Waals surface area contributed by atoms with Crippen LogP contribution in [0.15, 0.2) is 12.7 Å². The van der Waals surface area contributed by atoms with Crippen LogP contribution in [0.25, 0.3) is 0 Å². The third kappa shape index (κ3) is 1.82. The number of hydrogen-bond acceptors (Lipinski definition) is 2. The van der Waals surface area contributed by atoms with E-state index in [1.807, 2.05) is 6.08 Å². The van der Waals surface area contributed by atoms with Crippen LogP contribution in [0, 0.1) is 5.92 Å². The van der Waals surface area contributed by atoms with Crippen molar-refractivity contribution >= 4 is 0 Å². The molecule has 0 saturated heterocycles. The lowest BCUT2D eigenvalue weighted by Crippen LogP contribution is -2.59. The Morgan fingerprint density at radius 3 is 2.73 bits per heavy atom. The molecule has 64 valence electrons. The number of nitrogens with two attached hydrogens (primary N) is 1. The Bertz CT molecular complexity index is 136. The second-order valence-corrected chi connectivity index (χ2v) is 3.67. The molecule has 0 aliphatic heterocycles. The van der Waals surface area contributed by atoms with Gasteiger partial charge in [0.2, 0.25) is 0 Å². The molecule has 0 unspecified atom stereocenters. The first-order chi connectivity index (χ1) is 5.22. The van der Waals surface area contributed by atoms with E-state index in [9.17, 15) is 0 Å². The molecule has 1 saturated carbocycles. The summed E-state index contributed by atoms with van der Waals surface area (Å²) >= 11 is 0. The fraction of sp³-hybridized carbons (Fsp3) is 0.778. The molecule has 0 aromatic heterocycles. The van der Waals surface area contributed by atoms with Crippen LogP contribution in [-0.2, 0) is 0 Å². The highest BCUT2D eigenvalue weighted by Gasteiger charge is 2.39. The van der Waals surface area contributed by atoms with E-state index in [1.54, 1.807) is 0 Å². The number of nitrogens with one attached hydrogen (secondary N) is 1. The van der Waals surface area contributed by atoms with E-state index < -0.39 is 0 Å². The van der Waals surface area contributed by atoms with Gasteiger partial charge in [-0.05, 0) is 18.8 Å². The smallest absolute Gasteiger partial charge is 0.0311 e. The summed E-state index contributed by atoms with van der Waals surface area (Å²) in [5.41, 5.74) is 5.92. The van der Waals surface area contributed by atoms with Gasteiger partial charge in [-0.15, -0.1) is 6.58 Å². The van der Waals surface area contributed by atoms with Crippen molar-refractivity contribution in [3.8, 4) is 0 Å². The van der Waals surface area contributed by atoms with Crippen molar-refractivity contribution < 1.29 is 0 Å². The Balaban J connectivity index is 2.31. The standard InChI is InChI=1S/C9H18N2/c1-3-4-11-9(7-10)5-8(2)6-9/h3,8,11H,1,4-7,10H2,2H3. The van der Waals surface area contributed by atoms with Crippen LogP contribution in [0.2, 0.25) is 0 Å². The SMILES string of the molecule is C=CCNC1(CN)CC(C)C1. The summed E-state index contributed by atoms with van der Waals surface area (Å²) in [5.74, 6) is 0.843. The van der Waals surface area contributed by atoms with Crippen LogP contribution >= 0.6 is 0 Å². The van der Waals surface area contributed by atoms with Gasteiger partial charge in [0.05, 0.1) is 0 Å². The maximum absolute atomic E-state index is 5.67. The molecule has 1 aliphatic carbocycles. The summed E-state index contributed by atoms with van der Waals surface area (Å²) in [5, 5.41) is 3.42. The predicted molar refractivity (Wildman–Crippen MR) is 48.4 cm³/mol. The summed E-state index contributed by atoms with van der Waals surface area (Å²) in [4.78, 5) is 0. The summed E-state index contributed by atoms with van der Waals surface area (Å²) in [6.45, 7) is 7.57. The molecule has 3 N–H and O–H groups in total. The normalized spacial score (nSPS) is 36.4. The van der Waals surface area contributed by atoms with Crippen LogP contribution in [0.4, 0.5) is 0 Å². The van der Waals surface area contributed by atoms with Gasteiger partial charge in [-0.3, -0.25) is 0 Å². The van der Waals surface area contributed by atoms with Crippen molar-refractivity contribution in [3.05, 3.63) is 12.7 Å². The topological polar surface area (TPSA) is 38.0 Å². The lowest BCUT2D eigenvalue weighted by Gasteiger charge is -2.46. The maximum Gasteiger partial charge on any atom is 0.0311 e. The molecule has 2 heteroatoms. The van der Waals surface area contributed by atoms with E-state index in [4.69, 9.17) is 5.73 Å². The quantitative estimate of drug-likeness (QED) is 0.590. The second-order valence-electron chi connectivity index (χ2n) is 3.67. The first kappa shape index (κ1) is 8.75. The highest BCUT2D eigenvalue weighted by molar-refractivity contribution is 5.01. The van der Waals surface area contributed by atoms with Gasteiger partial charge in [-0.1, -0.05) is 13.0 Å². The number of hydrogen-bond donors (Lipinski definition) is 2. The van der Waals surface area contributed by atoms with E-state index in [2.05, 4.69) is 18.8 Å². The van der Waals surface area contributed by atoms with Gasteiger partial charge in [0, 0.05) is 18.6 Å². The van der Waals surface area contributed by atoms with Crippen molar-refractivity contribution in [2.24, 2.45) is 11.7 Å². The third-order valence-electron chi connectivity index (χ3n) is 2.49. The lowest BCUT2D eigenvalue weighted by molar-refractivity contribution is 0.129. The molecule has 0 amide bonds. The van der Waals surface area contributed by atoms with Gasteiger partial charge in [-0.2, -0.15) is 0 Å². The molecule has 11 heavy (non-hydrogen) atoms. The molecule has 0 aromatic carbocycles. The lowest BCUT2D eigenvalue weighted by atomic mass is 9.69. The van der Waals surface area contributed by atoms with Crippen molar-refractivity contribution in [1.82, 2.24) is 5.32 Å². The minimum absolute atomic E-state index is 0.244. The highest BCUT2D eigenvalue weighted by atomic mass is 15.0. The summed E-state index contributed by atoms with van der Waals surface area (Å²) in [6.07, 6.45) is 4.33. The van der Waals surface area contributed by atoms with E-state index >= 15 is 0 Å². The third-order valence-corrected chi connectivity index (χ3v) is 2.49. The maximum atomic E-state index is 5.67. The van der Waals surface area contributed by atoms with Gasteiger partial charge >= 0.3 is 0 Å². The van der Waals surface area contributed by atoms with Crippen molar-refractivity contribution in [1.29, 1.82) is 0 Å². The number of rotatable bonds is 4. The van der Waals surface area contributed by atoms with Crippen LogP contribution in [0.3, 0.4) is 0 Å². The Kier molecular flexibility index (Phi) is 2.68. The largest absolute Gasteiger partial charge is 0.329 e. The van der Waals surface area contributed by atoms with Gasteiger partial charge < -0.3 is 11.1 Å². The van der Waals surface area contributed by atoms with Crippen LogP contribution in [0.1, 0.15) is 19.8 Å². The molecule has 0 radical (unpaired) electrons. The van der Waals surface area contributed by atoms with Gasteiger partial charge in [0.1, 0.15) is 0 Å². The first-order valence-corrected chi connectivity index (χ1v) is 4.28. The second kappa shape index (κ2) is 3.37. The Morgan fingerprint density at radius 1 is 1.73 bits per heavy atom. The van der Waals surface area contributed by atoms with Gasteiger partial charge in [0.15, 0.2) is 0 Å². The van der Waals surface area contributed by atoms with Crippen molar-refractivity contribution in [2.45, 2.75) is 25.3 Å². The molecule has 0 heterocycles. The first-order valence-electron chi connectivity index (χ1n) is 4.28. The molecule has 0 bridgehead atoms. The van der Waals surface area contributed by atoms with Crippen LogP contribution in [-0.4, -0.2) is 18.6 Å². The molecule has 1 rings (SSSR count). The molecular formula is C9H18N2. The molecular weight excluding hydrogens is 136 g/mol. The zero-order valence-corrected chi connectivity index (χ0v) is 7.27. The fourth-order valence-electron chi connectivity index (χ4n) is 1.95. The fourth-order valence-corrected chi connectivity index (χ4v) is 1.95.